The Morgan fingerprint density at radius 3 is 2.91 bits per heavy atom. The van der Waals surface area contributed by atoms with Gasteiger partial charge < -0.3 is 19.5 Å². The SMILES string of the molecule is CCCNC(=O)N1CC(c2noc(COc3ccccc3)n2)C1. The molecule has 3 rings (SSSR count). The maximum Gasteiger partial charge on any atom is 0.317 e. The highest BCUT2D eigenvalue weighted by molar-refractivity contribution is 5.75. The number of urea groups is 1. The van der Waals surface area contributed by atoms with Crippen LogP contribution in [0.25, 0.3) is 0 Å². The van der Waals surface area contributed by atoms with Crippen LogP contribution < -0.4 is 10.1 Å². The number of amides is 2. The first-order valence-electron chi connectivity index (χ1n) is 7.79. The molecule has 7 nitrogen and oxygen atoms in total. The molecule has 1 aliphatic heterocycles. The number of nitrogens with zero attached hydrogens (tertiary/aromatic N) is 3. The van der Waals surface area contributed by atoms with E-state index in [0.29, 0.717) is 31.3 Å². The van der Waals surface area contributed by atoms with Gasteiger partial charge in [-0.25, -0.2) is 4.79 Å². The molecular weight excluding hydrogens is 296 g/mol. The van der Waals surface area contributed by atoms with E-state index in [2.05, 4.69) is 15.5 Å². The van der Waals surface area contributed by atoms with Crippen molar-refractivity contribution in [3.8, 4) is 5.75 Å². The zero-order valence-corrected chi connectivity index (χ0v) is 13.1. The Morgan fingerprint density at radius 2 is 2.17 bits per heavy atom. The van der Waals surface area contributed by atoms with Crippen LogP contribution in [0.3, 0.4) is 0 Å². The van der Waals surface area contributed by atoms with E-state index >= 15 is 0 Å². The summed E-state index contributed by atoms with van der Waals surface area (Å²) in [4.78, 5) is 17.8. The highest BCUT2D eigenvalue weighted by atomic mass is 16.5. The number of carbonyl (C=O) groups is 1. The van der Waals surface area contributed by atoms with E-state index in [9.17, 15) is 4.79 Å². The minimum atomic E-state index is -0.0285. The third-order valence-corrected chi connectivity index (χ3v) is 3.65. The summed E-state index contributed by atoms with van der Waals surface area (Å²) in [6.07, 6.45) is 0.929. The Bertz CT molecular complexity index is 638. The van der Waals surface area contributed by atoms with E-state index in [4.69, 9.17) is 9.26 Å². The number of rotatable bonds is 6. The van der Waals surface area contributed by atoms with Gasteiger partial charge in [0.1, 0.15) is 5.75 Å². The fraction of sp³-hybridized carbons (Fsp3) is 0.438. The summed E-state index contributed by atoms with van der Waals surface area (Å²) in [7, 11) is 0. The topological polar surface area (TPSA) is 80.5 Å². The molecule has 0 spiro atoms. The zero-order valence-electron chi connectivity index (χ0n) is 13.1. The third-order valence-electron chi connectivity index (χ3n) is 3.65. The Kier molecular flexibility index (Phi) is 4.75. The Hall–Kier alpha value is -2.57. The van der Waals surface area contributed by atoms with Crippen molar-refractivity contribution in [3.63, 3.8) is 0 Å². The first-order chi connectivity index (χ1) is 11.3. The van der Waals surface area contributed by atoms with Crippen LogP contribution in [0, 0.1) is 0 Å². The van der Waals surface area contributed by atoms with Crippen molar-refractivity contribution in [2.24, 2.45) is 0 Å². The van der Waals surface area contributed by atoms with Crippen LogP contribution >= 0.6 is 0 Å². The van der Waals surface area contributed by atoms with Crippen molar-refractivity contribution in [2.75, 3.05) is 19.6 Å². The first kappa shape index (κ1) is 15.3. The zero-order chi connectivity index (χ0) is 16.1. The summed E-state index contributed by atoms with van der Waals surface area (Å²) in [6.45, 7) is 4.20. The van der Waals surface area contributed by atoms with Crippen LogP contribution in [-0.4, -0.2) is 40.7 Å². The summed E-state index contributed by atoms with van der Waals surface area (Å²) in [5.74, 6) is 1.97. The molecule has 2 amide bonds. The van der Waals surface area contributed by atoms with Crippen LogP contribution in [0.15, 0.2) is 34.9 Å². The van der Waals surface area contributed by atoms with Gasteiger partial charge >= 0.3 is 6.03 Å². The molecule has 0 aliphatic carbocycles. The van der Waals surface area contributed by atoms with E-state index < -0.39 is 0 Å². The fourth-order valence-corrected chi connectivity index (χ4v) is 2.31. The molecule has 2 heterocycles. The van der Waals surface area contributed by atoms with Gasteiger partial charge in [0.25, 0.3) is 5.89 Å². The van der Waals surface area contributed by atoms with Crippen molar-refractivity contribution < 1.29 is 14.1 Å². The number of nitrogens with one attached hydrogen (secondary N) is 1. The minimum absolute atomic E-state index is 0.0285. The monoisotopic (exact) mass is 316 g/mol. The number of benzene rings is 1. The summed E-state index contributed by atoms with van der Waals surface area (Å²) in [5, 5.41) is 6.83. The van der Waals surface area contributed by atoms with Gasteiger partial charge in [0.15, 0.2) is 12.4 Å². The molecule has 0 atom stereocenters. The predicted octanol–water partition coefficient (Wildman–Crippen LogP) is 2.17. The number of likely N-dealkylation sites (tertiary alicyclic amines) is 1. The first-order valence-corrected chi connectivity index (χ1v) is 7.79. The average Bonchev–Trinajstić information content (AvgIpc) is 2.99. The average molecular weight is 316 g/mol. The van der Waals surface area contributed by atoms with Crippen molar-refractivity contribution in [1.29, 1.82) is 0 Å². The van der Waals surface area contributed by atoms with Gasteiger partial charge in [0, 0.05) is 19.6 Å². The molecule has 0 bridgehead atoms. The molecule has 1 aliphatic rings. The molecule has 23 heavy (non-hydrogen) atoms. The highest BCUT2D eigenvalue weighted by Crippen LogP contribution is 2.24. The molecule has 2 aromatic rings. The molecule has 0 radical (unpaired) electrons. The fourth-order valence-electron chi connectivity index (χ4n) is 2.31. The van der Waals surface area contributed by atoms with Gasteiger partial charge in [-0.05, 0) is 18.6 Å². The Labute approximate surface area is 134 Å². The molecule has 122 valence electrons. The summed E-state index contributed by atoms with van der Waals surface area (Å²) >= 11 is 0. The maximum absolute atomic E-state index is 11.8. The lowest BCUT2D eigenvalue weighted by molar-refractivity contribution is 0.147. The van der Waals surface area contributed by atoms with E-state index in [1.54, 1.807) is 4.90 Å². The molecule has 1 N–H and O–H groups in total. The van der Waals surface area contributed by atoms with Gasteiger partial charge in [0.2, 0.25) is 0 Å². The van der Waals surface area contributed by atoms with Crippen molar-refractivity contribution in [1.82, 2.24) is 20.4 Å². The quantitative estimate of drug-likeness (QED) is 0.883. The smallest absolute Gasteiger partial charge is 0.317 e. The van der Waals surface area contributed by atoms with Crippen molar-refractivity contribution in [2.45, 2.75) is 25.9 Å². The molecular formula is C16H20N4O3. The predicted molar refractivity (Wildman–Crippen MR) is 83.1 cm³/mol. The van der Waals surface area contributed by atoms with Gasteiger partial charge in [-0.1, -0.05) is 30.3 Å². The Morgan fingerprint density at radius 1 is 1.39 bits per heavy atom. The lowest BCUT2D eigenvalue weighted by Crippen LogP contribution is -2.52. The second kappa shape index (κ2) is 7.13. The van der Waals surface area contributed by atoms with Gasteiger partial charge in [0.05, 0.1) is 5.92 Å². The van der Waals surface area contributed by atoms with Gasteiger partial charge in [-0.3, -0.25) is 0 Å². The van der Waals surface area contributed by atoms with E-state index in [1.165, 1.54) is 0 Å². The molecule has 1 aromatic carbocycles. The van der Waals surface area contributed by atoms with Crippen LogP contribution in [0.2, 0.25) is 0 Å². The molecule has 1 fully saturated rings. The number of ether oxygens (including phenoxy) is 1. The number of hydrogen-bond donors (Lipinski definition) is 1. The lowest BCUT2D eigenvalue weighted by atomic mass is 10.0. The van der Waals surface area contributed by atoms with E-state index in [-0.39, 0.29) is 18.6 Å². The normalized spacial score (nSPS) is 14.4. The molecule has 7 heteroatoms. The van der Waals surface area contributed by atoms with Crippen LogP contribution in [0.4, 0.5) is 4.79 Å². The standard InChI is InChI=1S/C16H20N4O3/c1-2-8-17-16(21)20-9-12(10-20)15-18-14(23-19-15)11-22-13-6-4-3-5-7-13/h3-7,12H,2,8-11H2,1H3,(H,17,21). The molecule has 1 saturated heterocycles. The highest BCUT2D eigenvalue weighted by Gasteiger charge is 2.34. The summed E-state index contributed by atoms with van der Waals surface area (Å²) < 4.78 is 10.8. The molecule has 1 aromatic heterocycles. The third kappa shape index (κ3) is 3.80. The lowest BCUT2D eigenvalue weighted by Gasteiger charge is -2.37. The Balaban J connectivity index is 1.46. The van der Waals surface area contributed by atoms with Crippen LogP contribution in [0.5, 0.6) is 5.75 Å². The van der Waals surface area contributed by atoms with Crippen molar-refractivity contribution >= 4 is 6.03 Å². The summed E-state index contributed by atoms with van der Waals surface area (Å²) in [6, 6.07) is 9.45. The molecule has 0 saturated carbocycles. The van der Waals surface area contributed by atoms with E-state index in [0.717, 1.165) is 12.2 Å². The number of para-hydroxylation sites is 1. The van der Waals surface area contributed by atoms with Gasteiger partial charge in [-0.15, -0.1) is 0 Å². The maximum atomic E-state index is 11.8. The second-order valence-corrected chi connectivity index (χ2v) is 5.48. The van der Waals surface area contributed by atoms with Crippen LogP contribution in [-0.2, 0) is 6.61 Å². The number of aromatic nitrogens is 2. The van der Waals surface area contributed by atoms with Crippen molar-refractivity contribution in [3.05, 3.63) is 42.0 Å². The number of hydrogen-bond acceptors (Lipinski definition) is 5. The summed E-state index contributed by atoms with van der Waals surface area (Å²) in [5.41, 5.74) is 0. The second-order valence-electron chi connectivity index (χ2n) is 5.48. The van der Waals surface area contributed by atoms with E-state index in [1.807, 2.05) is 37.3 Å². The van der Waals surface area contributed by atoms with Gasteiger partial charge in [-0.2, -0.15) is 4.98 Å². The largest absolute Gasteiger partial charge is 0.484 e. The number of carbonyl (C=O) groups excluding carboxylic acids is 1. The minimum Gasteiger partial charge on any atom is -0.484 e. The molecule has 0 unspecified atom stereocenters. The van der Waals surface area contributed by atoms with Crippen LogP contribution in [0.1, 0.15) is 31.0 Å².